The standard InChI is InChI=1S/C6H6O.3C5H9.Sn/c7-6-4-2-1-3-5-6;3*1-2-4-5-3-1;/h1-5,7H;3*1H,2-5H2;/q;;;;+1/p-1. The van der Waals surface area contributed by atoms with Gasteiger partial charge in [0.1, 0.15) is 0 Å². The van der Waals surface area contributed by atoms with Crippen LogP contribution in [0.5, 0.6) is 5.75 Å². The molecule has 3 aliphatic carbocycles. The third-order valence-electron chi connectivity index (χ3n) is 6.22. The first kappa shape index (κ1) is 17.6. The van der Waals surface area contributed by atoms with Gasteiger partial charge in [-0.25, -0.2) is 0 Å². The minimum atomic E-state index is -1.04. The molecule has 0 bridgehead atoms. The van der Waals surface area contributed by atoms with E-state index in [-0.39, 0.29) is 5.75 Å². The quantitative estimate of drug-likeness (QED) is 0.545. The summed E-state index contributed by atoms with van der Waals surface area (Å²) in [5.74, 6) is 0.0718. The molecule has 1 nitrogen and oxygen atoms in total. The van der Waals surface area contributed by atoms with Crippen LogP contribution in [0.25, 0.3) is 0 Å². The van der Waals surface area contributed by atoms with E-state index in [1.54, 1.807) is 89.2 Å². The molecule has 3 fully saturated rings. The molecule has 2 heteroatoms. The Morgan fingerprint density at radius 3 is 1.22 bits per heavy atom. The van der Waals surface area contributed by atoms with Gasteiger partial charge >= 0.3 is 109 Å². The van der Waals surface area contributed by atoms with Crippen LogP contribution in [0.1, 0.15) is 77.0 Å². The molecule has 0 spiro atoms. The van der Waals surface area contributed by atoms with Crippen LogP contribution in [0.2, 0.25) is 11.8 Å². The molecule has 0 unspecified atom stereocenters. The maximum atomic E-state index is 10.3. The van der Waals surface area contributed by atoms with Crippen molar-refractivity contribution in [2.45, 2.75) is 88.9 Å². The van der Waals surface area contributed by atoms with Gasteiger partial charge in [-0.2, -0.15) is 0 Å². The van der Waals surface area contributed by atoms with Crippen LogP contribution in [0.4, 0.5) is 0 Å². The SMILES string of the molecule is C1CC[CH]([Sn+]([CH]2CCCC2)[CH]2CCCC2)C1.[O-]c1ccccc1. The summed E-state index contributed by atoms with van der Waals surface area (Å²) in [6.07, 6.45) is 19.6. The van der Waals surface area contributed by atoms with Gasteiger partial charge in [0.15, 0.2) is 0 Å². The molecule has 4 rings (SSSR count). The van der Waals surface area contributed by atoms with Crippen molar-refractivity contribution < 1.29 is 5.11 Å². The molecule has 0 aromatic heterocycles. The van der Waals surface area contributed by atoms with Gasteiger partial charge in [0, 0.05) is 0 Å². The Labute approximate surface area is 149 Å². The van der Waals surface area contributed by atoms with Crippen LogP contribution in [-0.2, 0) is 0 Å². The van der Waals surface area contributed by atoms with Gasteiger partial charge in [-0.1, -0.05) is 30.3 Å². The number of rotatable bonds is 3. The second-order valence-corrected chi connectivity index (χ2v) is 17.6. The summed E-state index contributed by atoms with van der Waals surface area (Å²) in [5, 5.41) is 10.3. The van der Waals surface area contributed by atoms with Gasteiger partial charge in [0.2, 0.25) is 0 Å². The minimum Gasteiger partial charge on any atom is -0.872 e. The molecule has 0 atom stereocenters. The van der Waals surface area contributed by atoms with E-state index in [0.29, 0.717) is 0 Å². The number of hydrogen-bond donors (Lipinski definition) is 0. The van der Waals surface area contributed by atoms with Crippen molar-refractivity contribution in [2.75, 3.05) is 0 Å². The summed E-state index contributed by atoms with van der Waals surface area (Å²) < 4.78 is 4.02. The molecular weight excluding hydrogens is 387 g/mol. The van der Waals surface area contributed by atoms with Gasteiger partial charge < -0.3 is 5.11 Å². The van der Waals surface area contributed by atoms with Crippen molar-refractivity contribution in [3.8, 4) is 5.75 Å². The zero-order chi connectivity index (χ0) is 15.9. The molecule has 0 amide bonds. The topological polar surface area (TPSA) is 23.1 Å². The zero-order valence-corrected chi connectivity index (χ0v) is 17.4. The first-order valence-corrected chi connectivity index (χ1v) is 14.9. The third kappa shape index (κ3) is 5.14. The average Bonchev–Trinajstić information content (AvgIpc) is 3.34. The molecule has 1 aromatic rings. The second kappa shape index (κ2) is 9.34. The largest absolute Gasteiger partial charge is 0.872 e. The van der Waals surface area contributed by atoms with Crippen molar-refractivity contribution in [2.24, 2.45) is 0 Å². The molecular formula is C21H32OSn. The van der Waals surface area contributed by atoms with Crippen LogP contribution >= 0.6 is 0 Å². The first-order valence-electron chi connectivity index (χ1n) is 9.93. The Morgan fingerprint density at radius 1 is 0.609 bits per heavy atom. The molecule has 23 heavy (non-hydrogen) atoms. The smallest absolute Gasteiger partial charge is 0.0623 e. The number of benzene rings is 1. The molecule has 126 valence electrons. The second-order valence-electron chi connectivity index (χ2n) is 7.76. The van der Waals surface area contributed by atoms with Crippen molar-refractivity contribution in [3.05, 3.63) is 30.3 Å². The predicted molar refractivity (Wildman–Crippen MR) is 98.3 cm³/mol. The van der Waals surface area contributed by atoms with Gasteiger partial charge in [0.25, 0.3) is 0 Å². The van der Waals surface area contributed by atoms with Crippen LogP contribution in [0.3, 0.4) is 0 Å². The Kier molecular flexibility index (Phi) is 7.16. The Hall–Kier alpha value is -0.181. The molecule has 0 aliphatic heterocycles. The zero-order valence-electron chi connectivity index (χ0n) is 14.5. The van der Waals surface area contributed by atoms with Crippen LogP contribution in [0.15, 0.2) is 30.3 Å². The molecule has 3 aliphatic rings. The maximum Gasteiger partial charge on any atom is -0.0623 e. The summed E-state index contributed by atoms with van der Waals surface area (Å²) in [4.78, 5) is 0. The summed E-state index contributed by atoms with van der Waals surface area (Å²) in [7, 11) is 0. The van der Waals surface area contributed by atoms with E-state index in [2.05, 4.69) is 0 Å². The van der Waals surface area contributed by atoms with Gasteiger partial charge in [0.05, 0.1) is 0 Å². The monoisotopic (exact) mass is 420 g/mol. The van der Waals surface area contributed by atoms with Gasteiger partial charge in [-0.3, -0.25) is 0 Å². The van der Waals surface area contributed by atoms with Crippen LogP contribution in [-0.4, -0.2) is 19.8 Å². The fourth-order valence-electron chi connectivity index (χ4n) is 5.20. The van der Waals surface area contributed by atoms with E-state index in [4.69, 9.17) is 0 Å². The van der Waals surface area contributed by atoms with E-state index in [9.17, 15) is 5.11 Å². The van der Waals surface area contributed by atoms with Crippen molar-refractivity contribution in [3.63, 3.8) is 0 Å². The summed E-state index contributed by atoms with van der Waals surface area (Å²) in [5.41, 5.74) is 0. The molecule has 3 saturated carbocycles. The maximum absolute atomic E-state index is 10.3. The summed E-state index contributed by atoms with van der Waals surface area (Å²) in [6.45, 7) is 0. The van der Waals surface area contributed by atoms with E-state index in [1.807, 2.05) is 6.07 Å². The Bertz CT molecular complexity index is 390. The fourth-order valence-corrected chi connectivity index (χ4v) is 20.1. The van der Waals surface area contributed by atoms with E-state index < -0.39 is 19.8 Å². The molecule has 0 N–H and O–H groups in total. The van der Waals surface area contributed by atoms with Crippen molar-refractivity contribution in [1.82, 2.24) is 0 Å². The summed E-state index contributed by atoms with van der Waals surface area (Å²) in [6, 6.07) is 8.33. The van der Waals surface area contributed by atoms with E-state index in [0.717, 1.165) is 0 Å². The normalized spacial score (nSPS) is 23.0. The van der Waals surface area contributed by atoms with Crippen molar-refractivity contribution >= 4 is 19.8 Å². The Balaban J connectivity index is 0.000000188. The average molecular weight is 419 g/mol. The first-order chi connectivity index (χ1) is 11.3. The molecule has 1 aromatic carbocycles. The van der Waals surface area contributed by atoms with Crippen LogP contribution < -0.4 is 5.11 Å². The fraction of sp³-hybridized carbons (Fsp3) is 0.714. The van der Waals surface area contributed by atoms with Gasteiger partial charge in [-0.05, 0) is 0 Å². The van der Waals surface area contributed by atoms with Gasteiger partial charge in [-0.15, -0.1) is 5.75 Å². The Morgan fingerprint density at radius 2 is 0.957 bits per heavy atom. The third-order valence-corrected chi connectivity index (χ3v) is 19.2. The summed E-state index contributed by atoms with van der Waals surface area (Å²) >= 11 is -1.04. The van der Waals surface area contributed by atoms with Crippen LogP contribution in [0, 0.1) is 0 Å². The number of para-hydroxylation sites is 1. The van der Waals surface area contributed by atoms with E-state index >= 15 is 0 Å². The molecule has 0 radical (unpaired) electrons. The molecule has 0 saturated heterocycles. The predicted octanol–water partition coefficient (Wildman–Crippen LogP) is 6.07. The molecule has 0 heterocycles. The number of hydrogen-bond acceptors (Lipinski definition) is 1. The minimum absolute atomic E-state index is 0.0718. The van der Waals surface area contributed by atoms with E-state index in [1.165, 1.54) is 23.9 Å². The van der Waals surface area contributed by atoms with Crippen molar-refractivity contribution in [1.29, 1.82) is 0 Å².